The largest absolute Gasteiger partial charge is 0.339 e. The van der Waals surface area contributed by atoms with Crippen LogP contribution in [0.2, 0.25) is 0 Å². The summed E-state index contributed by atoms with van der Waals surface area (Å²) in [5, 5.41) is 8.51. The van der Waals surface area contributed by atoms with Crippen LogP contribution in [-0.4, -0.2) is 34.1 Å². The van der Waals surface area contributed by atoms with E-state index in [0.29, 0.717) is 5.56 Å². The molecule has 3 rings (SSSR count). The predicted octanol–water partition coefficient (Wildman–Crippen LogP) is 3.71. The smallest absolute Gasteiger partial charge is 0.253 e. The summed E-state index contributed by atoms with van der Waals surface area (Å²) in [5.41, 5.74) is 3.65. The molecule has 4 nitrogen and oxygen atoms in total. The monoisotopic (exact) mass is 293 g/mol. The van der Waals surface area contributed by atoms with Crippen molar-refractivity contribution in [2.45, 2.75) is 13.8 Å². The molecule has 0 bridgehead atoms. The first-order valence-electron chi connectivity index (χ1n) is 7.57. The standard InChI is InChI=1S/C18H19N3O/c1-3-21(4-2)18(22)14-11-9-13(10-12-14)17-15-7-5-6-8-16(15)19-20-17/h5-12H,3-4H2,1-2H3,(H,19,20). The molecule has 0 saturated carbocycles. The molecular weight excluding hydrogens is 274 g/mol. The van der Waals surface area contributed by atoms with E-state index in [0.717, 1.165) is 35.2 Å². The molecule has 0 aliphatic heterocycles. The van der Waals surface area contributed by atoms with Crippen LogP contribution in [0.5, 0.6) is 0 Å². The van der Waals surface area contributed by atoms with Crippen LogP contribution in [0.4, 0.5) is 0 Å². The quantitative estimate of drug-likeness (QED) is 0.797. The van der Waals surface area contributed by atoms with Crippen molar-refractivity contribution in [3.05, 3.63) is 54.1 Å². The molecule has 0 unspecified atom stereocenters. The van der Waals surface area contributed by atoms with Gasteiger partial charge in [-0.25, -0.2) is 0 Å². The van der Waals surface area contributed by atoms with Crippen molar-refractivity contribution in [3.63, 3.8) is 0 Å². The zero-order chi connectivity index (χ0) is 15.5. The van der Waals surface area contributed by atoms with E-state index in [2.05, 4.69) is 10.2 Å². The van der Waals surface area contributed by atoms with Gasteiger partial charge in [-0.2, -0.15) is 5.10 Å². The molecule has 0 saturated heterocycles. The highest BCUT2D eigenvalue weighted by Crippen LogP contribution is 2.26. The van der Waals surface area contributed by atoms with Gasteiger partial charge in [0, 0.05) is 29.6 Å². The number of rotatable bonds is 4. The van der Waals surface area contributed by atoms with Gasteiger partial charge in [0.2, 0.25) is 0 Å². The molecule has 2 aromatic carbocycles. The van der Waals surface area contributed by atoms with Gasteiger partial charge in [0.1, 0.15) is 0 Å². The van der Waals surface area contributed by atoms with Crippen LogP contribution in [0.25, 0.3) is 22.2 Å². The van der Waals surface area contributed by atoms with Gasteiger partial charge in [-0.3, -0.25) is 9.89 Å². The number of aromatic nitrogens is 2. The summed E-state index contributed by atoms with van der Waals surface area (Å²) in [6.45, 7) is 5.43. The van der Waals surface area contributed by atoms with Gasteiger partial charge in [-0.1, -0.05) is 30.3 Å². The SMILES string of the molecule is CCN(CC)C(=O)c1ccc(-c2n[nH]c3ccccc23)cc1. The third-order valence-corrected chi connectivity index (χ3v) is 3.93. The molecule has 0 aliphatic rings. The number of benzene rings is 2. The lowest BCUT2D eigenvalue weighted by Crippen LogP contribution is -2.30. The Morgan fingerprint density at radius 2 is 1.73 bits per heavy atom. The molecular formula is C18H19N3O. The number of nitrogens with zero attached hydrogens (tertiary/aromatic N) is 2. The third kappa shape index (κ3) is 2.48. The molecule has 1 N–H and O–H groups in total. The lowest BCUT2D eigenvalue weighted by Gasteiger charge is -2.18. The molecule has 22 heavy (non-hydrogen) atoms. The highest BCUT2D eigenvalue weighted by molar-refractivity contribution is 5.96. The van der Waals surface area contributed by atoms with Crippen LogP contribution >= 0.6 is 0 Å². The number of aromatic amines is 1. The van der Waals surface area contributed by atoms with Crippen molar-refractivity contribution in [3.8, 4) is 11.3 Å². The second-order valence-electron chi connectivity index (χ2n) is 5.17. The Hall–Kier alpha value is -2.62. The highest BCUT2D eigenvalue weighted by Gasteiger charge is 2.13. The molecule has 1 aromatic heterocycles. The molecule has 0 fully saturated rings. The van der Waals surface area contributed by atoms with Crippen molar-refractivity contribution >= 4 is 16.8 Å². The van der Waals surface area contributed by atoms with Gasteiger partial charge in [0.15, 0.2) is 0 Å². The fourth-order valence-electron chi connectivity index (χ4n) is 2.65. The lowest BCUT2D eigenvalue weighted by molar-refractivity contribution is 0.0773. The first-order chi connectivity index (χ1) is 10.7. The third-order valence-electron chi connectivity index (χ3n) is 3.93. The van der Waals surface area contributed by atoms with E-state index >= 15 is 0 Å². The normalized spacial score (nSPS) is 10.8. The zero-order valence-electron chi connectivity index (χ0n) is 12.8. The van der Waals surface area contributed by atoms with E-state index in [4.69, 9.17) is 0 Å². The van der Waals surface area contributed by atoms with Crippen LogP contribution in [-0.2, 0) is 0 Å². The first kappa shape index (κ1) is 14.3. The Kier molecular flexibility index (Phi) is 3.92. The van der Waals surface area contributed by atoms with Crippen LogP contribution in [0.15, 0.2) is 48.5 Å². The number of fused-ring (bicyclic) bond motifs is 1. The van der Waals surface area contributed by atoms with Crippen molar-refractivity contribution in [1.29, 1.82) is 0 Å². The maximum atomic E-state index is 12.3. The van der Waals surface area contributed by atoms with Crippen LogP contribution in [0.1, 0.15) is 24.2 Å². The second-order valence-corrected chi connectivity index (χ2v) is 5.17. The molecule has 0 spiro atoms. The Labute approximate surface area is 129 Å². The number of H-pyrrole nitrogens is 1. The number of carbonyl (C=O) groups is 1. The van der Waals surface area contributed by atoms with E-state index in [-0.39, 0.29) is 5.91 Å². The summed E-state index contributed by atoms with van der Waals surface area (Å²) in [4.78, 5) is 14.1. The summed E-state index contributed by atoms with van der Waals surface area (Å²) in [6, 6.07) is 15.7. The molecule has 112 valence electrons. The number of hydrogen-bond acceptors (Lipinski definition) is 2. The Morgan fingerprint density at radius 1 is 1.05 bits per heavy atom. The van der Waals surface area contributed by atoms with Crippen LogP contribution in [0.3, 0.4) is 0 Å². The van der Waals surface area contributed by atoms with E-state index in [1.807, 2.05) is 67.3 Å². The summed E-state index contributed by atoms with van der Waals surface area (Å²) in [7, 11) is 0. The van der Waals surface area contributed by atoms with Gasteiger partial charge in [-0.15, -0.1) is 0 Å². The molecule has 0 atom stereocenters. The fourth-order valence-corrected chi connectivity index (χ4v) is 2.65. The van der Waals surface area contributed by atoms with Crippen molar-refractivity contribution < 1.29 is 4.79 Å². The van der Waals surface area contributed by atoms with Gasteiger partial charge >= 0.3 is 0 Å². The number of para-hydroxylation sites is 1. The summed E-state index contributed by atoms with van der Waals surface area (Å²) >= 11 is 0. The maximum Gasteiger partial charge on any atom is 0.253 e. The minimum Gasteiger partial charge on any atom is -0.339 e. The van der Waals surface area contributed by atoms with E-state index < -0.39 is 0 Å². The fraction of sp³-hybridized carbons (Fsp3) is 0.222. The first-order valence-corrected chi connectivity index (χ1v) is 7.57. The Morgan fingerprint density at radius 3 is 2.41 bits per heavy atom. The molecule has 1 heterocycles. The molecule has 0 aliphatic carbocycles. The van der Waals surface area contributed by atoms with Crippen molar-refractivity contribution in [1.82, 2.24) is 15.1 Å². The predicted molar refractivity (Wildman–Crippen MR) is 88.8 cm³/mol. The number of amides is 1. The number of hydrogen-bond donors (Lipinski definition) is 1. The minimum absolute atomic E-state index is 0.0726. The average Bonchev–Trinajstić information content (AvgIpc) is 3.00. The number of nitrogens with one attached hydrogen (secondary N) is 1. The lowest BCUT2D eigenvalue weighted by atomic mass is 10.1. The zero-order valence-corrected chi connectivity index (χ0v) is 12.8. The van der Waals surface area contributed by atoms with Gasteiger partial charge in [0.05, 0.1) is 11.2 Å². The van der Waals surface area contributed by atoms with Crippen molar-refractivity contribution in [2.75, 3.05) is 13.1 Å². The summed E-state index contributed by atoms with van der Waals surface area (Å²) in [6.07, 6.45) is 0. The minimum atomic E-state index is 0.0726. The van der Waals surface area contributed by atoms with E-state index in [1.54, 1.807) is 0 Å². The second kappa shape index (κ2) is 6.02. The van der Waals surface area contributed by atoms with E-state index in [9.17, 15) is 4.79 Å². The highest BCUT2D eigenvalue weighted by atomic mass is 16.2. The van der Waals surface area contributed by atoms with Crippen molar-refractivity contribution in [2.24, 2.45) is 0 Å². The topological polar surface area (TPSA) is 49.0 Å². The Bertz CT molecular complexity index is 785. The maximum absolute atomic E-state index is 12.3. The summed E-state index contributed by atoms with van der Waals surface area (Å²) in [5.74, 6) is 0.0726. The van der Waals surface area contributed by atoms with Gasteiger partial charge < -0.3 is 4.90 Å². The summed E-state index contributed by atoms with van der Waals surface area (Å²) < 4.78 is 0. The van der Waals surface area contributed by atoms with Gasteiger partial charge in [-0.05, 0) is 32.0 Å². The van der Waals surface area contributed by atoms with E-state index in [1.165, 1.54) is 0 Å². The molecule has 4 heteroatoms. The molecule has 3 aromatic rings. The molecule has 1 amide bonds. The molecule has 0 radical (unpaired) electrons. The van der Waals surface area contributed by atoms with Crippen LogP contribution in [0, 0.1) is 0 Å². The number of carbonyl (C=O) groups excluding carboxylic acids is 1. The Balaban J connectivity index is 1.93. The van der Waals surface area contributed by atoms with Gasteiger partial charge in [0.25, 0.3) is 5.91 Å². The van der Waals surface area contributed by atoms with Crippen LogP contribution < -0.4 is 0 Å². The average molecular weight is 293 g/mol.